The maximum Gasteiger partial charge on any atom is 0.314 e. The van der Waals surface area contributed by atoms with Gasteiger partial charge in [0.05, 0.1) is 12.8 Å². The van der Waals surface area contributed by atoms with Gasteiger partial charge in [-0.1, -0.05) is 0 Å². The van der Waals surface area contributed by atoms with Gasteiger partial charge in [0.25, 0.3) is 0 Å². The van der Waals surface area contributed by atoms with Crippen molar-refractivity contribution in [2.75, 3.05) is 6.79 Å². The lowest BCUT2D eigenvalue weighted by atomic mass is 10.2. The Bertz CT molecular complexity index is 322. The third-order valence-corrected chi connectivity index (χ3v) is 1.76. The number of hydrogen-bond donors (Lipinski definition) is 2. The van der Waals surface area contributed by atoms with Crippen LogP contribution in [0.3, 0.4) is 0 Å². The maximum absolute atomic E-state index is 11.0. The van der Waals surface area contributed by atoms with Crippen LogP contribution in [0.4, 0.5) is 0 Å². The molecule has 0 saturated heterocycles. The number of esters is 3. The summed E-state index contributed by atoms with van der Waals surface area (Å²) in [7, 11) is 0. The average Bonchev–Trinajstić information content (AvgIpc) is 2.26. The van der Waals surface area contributed by atoms with Crippen molar-refractivity contribution in [3.05, 3.63) is 0 Å². The van der Waals surface area contributed by atoms with Gasteiger partial charge in [-0.15, -0.1) is 0 Å². The summed E-state index contributed by atoms with van der Waals surface area (Å²) in [6.45, 7) is -0.725. The fourth-order valence-electron chi connectivity index (χ4n) is 0.959. The molecule has 0 atom stereocenters. The molecular weight excluding hydrogens is 248 g/mol. The highest BCUT2D eigenvalue weighted by Gasteiger charge is 2.12. The van der Waals surface area contributed by atoms with E-state index in [1.165, 1.54) is 0 Å². The van der Waals surface area contributed by atoms with Crippen molar-refractivity contribution in [3.8, 4) is 0 Å². The summed E-state index contributed by atoms with van der Waals surface area (Å²) in [5.74, 6) is -3.57. The monoisotopic (exact) mass is 262 g/mol. The Morgan fingerprint density at radius 2 is 1.39 bits per heavy atom. The van der Waals surface area contributed by atoms with Gasteiger partial charge in [0.15, 0.2) is 6.79 Å². The molecule has 0 saturated carbocycles. The van der Waals surface area contributed by atoms with Crippen molar-refractivity contribution in [1.82, 2.24) is 0 Å². The van der Waals surface area contributed by atoms with Crippen LogP contribution in [0.1, 0.15) is 32.1 Å². The minimum Gasteiger partial charge on any atom is -0.481 e. The van der Waals surface area contributed by atoms with E-state index in [0.717, 1.165) is 0 Å². The van der Waals surface area contributed by atoms with Crippen LogP contribution in [-0.2, 0) is 28.7 Å². The van der Waals surface area contributed by atoms with Crippen LogP contribution >= 0.6 is 0 Å². The molecule has 0 aromatic heterocycles. The van der Waals surface area contributed by atoms with Gasteiger partial charge in [-0.3, -0.25) is 19.2 Å². The van der Waals surface area contributed by atoms with Crippen LogP contribution in [0.15, 0.2) is 0 Å². The molecule has 0 aliphatic rings. The quantitative estimate of drug-likeness (QED) is 0.343. The highest BCUT2D eigenvalue weighted by Crippen LogP contribution is 2.01. The summed E-state index contributed by atoms with van der Waals surface area (Å²) >= 11 is 0. The fourth-order valence-corrected chi connectivity index (χ4v) is 0.959. The van der Waals surface area contributed by atoms with E-state index in [1.54, 1.807) is 0 Å². The van der Waals surface area contributed by atoms with Crippen molar-refractivity contribution >= 4 is 23.9 Å². The number of ether oxygens (including phenoxy) is 2. The standard InChI is InChI=1S/C10H14O8/c11-6-17-8(14)2-1-3-9(15)18-10(16)5-4-7(12)13/h11H,1-6H2,(H,12,13). The second-order valence-electron chi connectivity index (χ2n) is 3.24. The van der Waals surface area contributed by atoms with E-state index in [2.05, 4.69) is 9.47 Å². The molecule has 0 rings (SSSR count). The summed E-state index contributed by atoms with van der Waals surface area (Å²) in [5.41, 5.74) is 0. The van der Waals surface area contributed by atoms with Gasteiger partial charge in [0.2, 0.25) is 0 Å². The predicted molar refractivity (Wildman–Crippen MR) is 55.0 cm³/mol. The van der Waals surface area contributed by atoms with Gasteiger partial charge < -0.3 is 19.7 Å². The van der Waals surface area contributed by atoms with Crippen molar-refractivity contribution in [3.63, 3.8) is 0 Å². The lowest BCUT2D eigenvalue weighted by molar-refractivity contribution is -0.161. The Labute approximate surface area is 102 Å². The average molecular weight is 262 g/mol. The molecule has 0 heterocycles. The van der Waals surface area contributed by atoms with Gasteiger partial charge in [0, 0.05) is 12.8 Å². The number of aliphatic carboxylic acids is 1. The smallest absolute Gasteiger partial charge is 0.314 e. The summed E-state index contributed by atoms with van der Waals surface area (Å²) < 4.78 is 8.50. The molecule has 0 unspecified atom stereocenters. The molecule has 8 nitrogen and oxygen atoms in total. The Hall–Kier alpha value is -1.96. The molecular formula is C10H14O8. The molecule has 0 aliphatic carbocycles. The zero-order chi connectivity index (χ0) is 14.0. The third kappa shape index (κ3) is 9.28. The number of carboxylic acids is 1. The SMILES string of the molecule is O=C(O)CCC(=O)OC(=O)CCCC(=O)OCO. The van der Waals surface area contributed by atoms with Crippen molar-refractivity contribution in [1.29, 1.82) is 0 Å². The first kappa shape index (κ1) is 16.0. The summed E-state index contributed by atoms with van der Waals surface area (Å²) in [5, 5.41) is 16.5. The third-order valence-electron chi connectivity index (χ3n) is 1.76. The van der Waals surface area contributed by atoms with Gasteiger partial charge in [0.1, 0.15) is 0 Å². The maximum atomic E-state index is 11.0. The molecule has 0 spiro atoms. The van der Waals surface area contributed by atoms with Crippen LogP contribution in [0.25, 0.3) is 0 Å². The van der Waals surface area contributed by atoms with E-state index in [9.17, 15) is 19.2 Å². The minimum atomic E-state index is -1.16. The van der Waals surface area contributed by atoms with E-state index in [-0.39, 0.29) is 25.7 Å². The Morgan fingerprint density at radius 3 is 1.94 bits per heavy atom. The number of carbonyl (C=O) groups excluding carboxylic acids is 3. The first-order valence-electron chi connectivity index (χ1n) is 5.17. The summed E-state index contributed by atoms with van der Waals surface area (Å²) in [4.78, 5) is 42.9. The number of rotatable bonds is 8. The predicted octanol–water partition coefficient (Wildman–Crippen LogP) is -0.416. The second kappa shape index (κ2) is 9.11. The van der Waals surface area contributed by atoms with Gasteiger partial charge in [-0.05, 0) is 6.42 Å². The molecule has 0 aliphatic heterocycles. The van der Waals surface area contributed by atoms with E-state index in [4.69, 9.17) is 10.2 Å². The molecule has 0 fully saturated rings. The molecule has 0 bridgehead atoms. The first-order valence-corrected chi connectivity index (χ1v) is 5.17. The number of hydrogen-bond acceptors (Lipinski definition) is 7. The summed E-state index contributed by atoms with van der Waals surface area (Å²) in [6, 6.07) is 0. The normalized spacial score (nSPS) is 9.61. The Kier molecular flexibility index (Phi) is 8.12. The van der Waals surface area contributed by atoms with Crippen LogP contribution in [0.5, 0.6) is 0 Å². The molecule has 2 N–H and O–H groups in total. The lowest BCUT2D eigenvalue weighted by Gasteiger charge is -2.02. The molecule has 0 radical (unpaired) electrons. The van der Waals surface area contributed by atoms with Crippen LogP contribution < -0.4 is 0 Å². The largest absolute Gasteiger partial charge is 0.481 e. The van der Waals surface area contributed by atoms with Crippen molar-refractivity contribution in [2.45, 2.75) is 32.1 Å². The van der Waals surface area contributed by atoms with E-state index < -0.39 is 37.1 Å². The fraction of sp³-hybridized carbons (Fsp3) is 0.600. The molecule has 102 valence electrons. The topological polar surface area (TPSA) is 127 Å². The zero-order valence-electron chi connectivity index (χ0n) is 9.59. The van der Waals surface area contributed by atoms with Gasteiger partial charge in [-0.2, -0.15) is 0 Å². The zero-order valence-corrected chi connectivity index (χ0v) is 9.59. The van der Waals surface area contributed by atoms with Crippen LogP contribution in [-0.4, -0.2) is 40.9 Å². The second-order valence-corrected chi connectivity index (χ2v) is 3.24. The number of carboxylic acid groups (broad SMARTS) is 1. The van der Waals surface area contributed by atoms with E-state index in [0.29, 0.717) is 0 Å². The molecule has 0 aromatic rings. The van der Waals surface area contributed by atoms with Gasteiger partial charge >= 0.3 is 23.9 Å². The molecule has 8 heteroatoms. The Balaban J connectivity index is 3.67. The molecule has 0 aromatic carbocycles. The lowest BCUT2D eigenvalue weighted by Crippen LogP contribution is -2.14. The first-order chi connectivity index (χ1) is 8.45. The van der Waals surface area contributed by atoms with E-state index in [1.807, 2.05) is 0 Å². The Morgan fingerprint density at radius 1 is 0.833 bits per heavy atom. The summed E-state index contributed by atoms with van der Waals surface area (Å²) in [6.07, 6.45) is -0.926. The highest BCUT2D eigenvalue weighted by atomic mass is 16.6. The number of aliphatic hydroxyl groups excluding tert-OH is 1. The highest BCUT2D eigenvalue weighted by molar-refractivity contribution is 5.87. The molecule has 0 amide bonds. The van der Waals surface area contributed by atoms with Gasteiger partial charge in [-0.25, -0.2) is 0 Å². The van der Waals surface area contributed by atoms with Crippen molar-refractivity contribution < 1.29 is 38.9 Å². The van der Waals surface area contributed by atoms with E-state index >= 15 is 0 Å². The van der Waals surface area contributed by atoms with Crippen LogP contribution in [0.2, 0.25) is 0 Å². The number of carbonyl (C=O) groups is 4. The number of aliphatic hydroxyl groups is 1. The molecule has 18 heavy (non-hydrogen) atoms. The minimum absolute atomic E-state index is 0.0843. The van der Waals surface area contributed by atoms with Crippen molar-refractivity contribution in [2.24, 2.45) is 0 Å². The van der Waals surface area contributed by atoms with Crippen LogP contribution in [0, 0.1) is 0 Å².